The van der Waals surface area contributed by atoms with E-state index in [0.717, 1.165) is 26.7 Å². The molecule has 1 aliphatic heterocycles. The number of thiazole rings is 1. The third-order valence-corrected chi connectivity index (χ3v) is 9.37. The van der Waals surface area contributed by atoms with E-state index in [1.54, 1.807) is 6.07 Å². The molecular weight excluding hydrogens is 494 g/mol. The number of nitrogens with one attached hydrogen (secondary N) is 1. The van der Waals surface area contributed by atoms with Gasteiger partial charge in [0.15, 0.2) is 4.34 Å². The summed E-state index contributed by atoms with van der Waals surface area (Å²) in [5.74, 6) is 0.415. The minimum absolute atomic E-state index is 0.0834. The Morgan fingerprint density at radius 3 is 2.50 bits per heavy atom. The van der Waals surface area contributed by atoms with E-state index in [-0.39, 0.29) is 46.6 Å². The molecule has 3 aromatic rings. The number of carbonyl (C=O) groups excluding carboxylic acids is 3. The van der Waals surface area contributed by atoms with Crippen LogP contribution in [0.15, 0.2) is 59.0 Å². The van der Waals surface area contributed by atoms with E-state index in [1.807, 2.05) is 50.2 Å². The molecule has 184 valence electrons. The van der Waals surface area contributed by atoms with Gasteiger partial charge in [-0.1, -0.05) is 23.9 Å². The number of benzene rings is 2. The van der Waals surface area contributed by atoms with Crippen molar-refractivity contribution in [1.82, 2.24) is 4.98 Å². The maximum atomic E-state index is 13.2. The molecule has 0 radical (unpaired) electrons. The monoisotopic (exact) mass is 519 g/mol. The van der Waals surface area contributed by atoms with Crippen molar-refractivity contribution in [1.29, 1.82) is 0 Å². The summed E-state index contributed by atoms with van der Waals surface area (Å²) in [6.07, 6.45) is 5.12. The molecule has 2 aliphatic carbocycles. The molecule has 7 nitrogen and oxygen atoms in total. The minimum Gasteiger partial charge on any atom is -0.494 e. The normalized spacial score (nSPS) is 25.0. The van der Waals surface area contributed by atoms with Gasteiger partial charge in [-0.15, -0.1) is 11.3 Å². The van der Waals surface area contributed by atoms with E-state index >= 15 is 0 Å². The fraction of sp³-hybridized carbons (Fsp3) is 0.333. The number of amides is 3. The molecule has 5 atom stereocenters. The van der Waals surface area contributed by atoms with Crippen molar-refractivity contribution in [2.45, 2.75) is 29.9 Å². The van der Waals surface area contributed by atoms with Gasteiger partial charge in [-0.3, -0.25) is 14.4 Å². The van der Waals surface area contributed by atoms with E-state index in [1.165, 1.54) is 28.0 Å². The number of carbonyl (C=O) groups is 3. The lowest BCUT2D eigenvalue weighted by Gasteiger charge is -2.17. The molecule has 0 spiro atoms. The van der Waals surface area contributed by atoms with Crippen molar-refractivity contribution in [3.05, 3.63) is 54.6 Å². The number of thioether (sulfide) groups is 1. The van der Waals surface area contributed by atoms with Gasteiger partial charge >= 0.3 is 0 Å². The zero-order valence-corrected chi connectivity index (χ0v) is 21.5. The lowest BCUT2D eigenvalue weighted by Crippen LogP contribution is -2.32. The van der Waals surface area contributed by atoms with Crippen LogP contribution in [-0.2, 0) is 14.4 Å². The number of rotatable bonds is 7. The Morgan fingerprint density at radius 1 is 1.14 bits per heavy atom. The second-order valence-corrected chi connectivity index (χ2v) is 12.0. The van der Waals surface area contributed by atoms with Crippen LogP contribution >= 0.6 is 23.1 Å². The predicted octanol–water partition coefficient (Wildman–Crippen LogP) is 5.13. The maximum Gasteiger partial charge on any atom is 0.238 e. The first-order valence-corrected chi connectivity index (χ1v) is 13.8. The molecule has 3 amide bonds. The highest BCUT2D eigenvalue weighted by atomic mass is 32.2. The average molecular weight is 520 g/mol. The van der Waals surface area contributed by atoms with Gasteiger partial charge in [0.1, 0.15) is 5.75 Å². The van der Waals surface area contributed by atoms with Crippen LogP contribution in [0.25, 0.3) is 10.2 Å². The Morgan fingerprint density at radius 2 is 1.83 bits per heavy atom. The quantitative estimate of drug-likeness (QED) is 0.265. The molecule has 1 N–H and O–H groups in total. The summed E-state index contributed by atoms with van der Waals surface area (Å²) in [7, 11) is 0. The van der Waals surface area contributed by atoms with Crippen LogP contribution in [0, 0.1) is 23.7 Å². The zero-order valence-electron chi connectivity index (χ0n) is 19.8. The number of fused-ring (bicyclic) bond motifs is 6. The van der Waals surface area contributed by atoms with Gasteiger partial charge in [0.2, 0.25) is 17.7 Å². The van der Waals surface area contributed by atoms with Gasteiger partial charge in [-0.25, -0.2) is 9.88 Å². The van der Waals surface area contributed by atoms with Gasteiger partial charge in [-0.05, 0) is 74.6 Å². The number of hydrogen-bond acceptors (Lipinski definition) is 7. The molecule has 9 heteroatoms. The highest BCUT2D eigenvalue weighted by Gasteiger charge is 2.59. The number of hydrogen-bond donors (Lipinski definition) is 1. The fourth-order valence-electron chi connectivity index (χ4n) is 5.49. The fourth-order valence-corrected chi connectivity index (χ4v) is 7.73. The van der Waals surface area contributed by atoms with Crippen LogP contribution in [-0.4, -0.2) is 34.6 Å². The first-order chi connectivity index (χ1) is 17.4. The third kappa shape index (κ3) is 3.90. The molecule has 0 unspecified atom stereocenters. The molecule has 1 saturated heterocycles. The van der Waals surface area contributed by atoms with Crippen molar-refractivity contribution in [2.75, 3.05) is 16.8 Å². The minimum atomic E-state index is -0.360. The summed E-state index contributed by atoms with van der Waals surface area (Å²) in [4.78, 5) is 45.1. The van der Waals surface area contributed by atoms with E-state index < -0.39 is 0 Å². The molecule has 3 aliphatic rings. The average Bonchev–Trinajstić information content (AvgIpc) is 3.63. The summed E-state index contributed by atoms with van der Waals surface area (Å²) in [6, 6.07) is 12.8. The molecule has 36 heavy (non-hydrogen) atoms. The second-order valence-electron chi connectivity index (χ2n) is 9.35. The van der Waals surface area contributed by atoms with Crippen LogP contribution in [0.5, 0.6) is 5.75 Å². The Hall–Kier alpha value is -3.17. The van der Waals surface area contributed by atoms with E-state index in [4.69, 9.17) is 4.74 Å². The lowest BCUT2D eigenvalue weighted by molar-refractivity contribution is -0.123. The Labute approximate surface area is 216 Å². The molecule has 2 heterocycles. The zero-order chi connectivity index (χ0) is 25.0. The molecule has 2 fully saturated rings. The van der Waals surface area contributed by atoms with Gasteiger partial charge in [0.25, 0.3) is 0 Å². The standard InChI is InChI=1S/C27H25N3O4S2/c1-3-34-19-9-6-17(7-10-19)28-24(31)14(2)35-27-29-20-11-8-18(13-21(20)36-27)30-25(32)22-15-4-5-16(12-15)23(22)26(30)33/h4-11,13-16,22-23H,3,12H2,1-2H3,(H,28,31)/t14-,15-,16-,22-,23+/m0/s1. The van der Waals surface area contributed by atoms with Crippen molar-refractivity contribution in [2.24, 2.45) is 23.7 Å². The predicted molar refractivity (Wildman–Crippen MR) is 141 cm³/mol. The molecule has 2 bridgehead atoms. The number of ether oxygens (including phenoxy) is 1. The number of allylic oxidation sites excluding steroid dienone is 2. The van der Waals surface area contributed by atoms with E-state index in [2.05, 4.69) is 22.5 Å². The van der Waals surface area contributed by atoms with Gasteiger partial charge < -0.3 is 10.1 Å². The van der Waals surface area contributed by atoms with Gasteiger partial charge in [-0.2, -0.15) is 0 Å². The second kappa shape index (κ2) is 9.05. The number of aromatic nitrogens is 1. The SMILES string of the molecule is CCOc1ccc(NC(=O)[C@H](C)Sc2nc3ccc(N4C(=O)[C@@H]5[C@H](C4=O)[C@H]4C=C[C@H]5C4)cc3s2)cc1. The number of anilines is 2. The van der Waals surface area contributed by atoms with Crippen LogP contribution in [0.3, 0.4) is 0 Å². The van der Waals surface area contributed by atoms with Crippen LogP contribution in [0.1, 0.15) is 20.3 Å². The Balaban J connectivity index is 1.15. The van der Waals surface area contributed by atoms with Crippen molar-refractivity contribution in [3.8, 4) is 5.75 Å². The highest BCUT2D eigenvalue weighted by molar-refractivity contribution is 8.02. The van der Waals surface area contributed by atoms with Crippen molar-refractivity contribution < 1.29 is 19.1 Å². The van der Waals surface area contributed by atoms with Crippen LogP contribution < -0.4 is 15.0 Å². The van der Waals surface area contributed by atoms with E-state index in [0.29, 0.717) is 18.0 Å². The first kappa shape index (κ1) is 23.2. The van der Waals surface area contributed by atoms with Crippen LogP contribution in [0.4, 0.5) is 11.4 Å². The summed E-state index contributed by atoms with van der Waals surface area (Å²) in [5, 5.41) is 2.57. The van der Waals surface area contributed by atoms with E-state index in [9.17, 15) is 14.4 Å². The first-order valence-electron chi connectivity index (χ1n) is 12.1. The molecule has 1 aromatic heterocycles. The Bertz CT molecular complexity index is 1370. The lowest BCUT2D eigenvalue weighted by atomic mass is 9.85. The van der Waals surface area contributed by atoms with Gasteiger partial charge in [0.05, 0.1) is 39.6 Å². The number of imide groups is 1. The molecule has 1 saturated carbocycles. The molecule has 2 aromatic carbocycles. The van der Waals surface area contributed by atoms with Crippen molar-refractivity contribution in [3.63, 3.8) is 0 Å². The largest absolute Gasteiger partial charge is 0.494 e. The topological polar surface area (TPSA) is 88.6 Å². The Kier molecular flexibility index (Phi) is 5.84. The summed E-state index contributed by atoms with van der Waals surface area (Å²) < 4.78 is 7.08. The number of nitrogens with zero attached hydrogens (tertiary/aromatic N) is 2. The smallest absolute Gasteiger partial charge is 0.238 e. The summed E-state index contributed by atoms with van der Waals surface area (Å²) >= 11 is 2.85. The van der Waals surface area contributed by atoms with Gasteiger partial charge in [0, 0.05) is 5.69 Å². The highest BCUT2D eigenvalue weighted by Crippen LogP contribution is 2.53. The third-order valence-electron chi connectivity index (χ3n) is 7.16. The van der Waals surface area contributed by atoms with Crippen molar-refractivity contribution >= 4 is 62.4 Å². The maximum absolute atomic E-state index is 13.2. The molecule has 6 rings (SSSR count). The summed E-state index contributed by atoms with van der Waals surface area (Å²) in [6.45, 7) is 4.36. The summed E-state index contributed by atoms with van der Waals surface area (Å²) in [5.41, 5.74) is 2.09. The molecular formula is C27H25N3O4S2. The van der Waals surface area contributed by atoms with Crippen LogP contribution in [0.2, 0.25) is 0 Å².